The van der Waals surface area contributed by atoms with E-state index in [4.69, 9.17) is 41.7 Å². The zero-order chi connectivity index (χ0) is 37.5. The van der Waals surface area contributed by atoms with E-state index in [0.29, 0.717) is 0 Å². The maximum Gasteiger partial charge on any atom is 0.395 e. The summed E-state index contributed by atoms with van der Waals surface area (Å²) >= 11 is 0. The first-order valence-electron chi connectivity index (χ1n) is 15.4. The highest BCUT2D eigenvalue weighted by Crippen LogP contribution is 2.24. The van der Waals surface area contributed by atoms with Crippen molar-refractivity contribution in [1.82, 2.24) is 0 Å². The van der Waals surface area contributed by atoms with E-state index >= 15 is 0 Å². The van der Waals surface area contributed by atoms with Crippen molar-refractivity contribution in [1.29, 1.82) is 0 Å². The van der Waals surface area contributed by atoms with E-state index in [-0.39, 0.29) is 0 Å². The number of aliphatic imine (C=N–C) groups is 1. The zero-order valence-electron chi connectivity index (χ0n) is 29.2. The maximum atomic E-state index is 13.2. The molecule has 0 rings (SSSR count). The minimum Gasteiger partial charge on any atom is -0.494 e. The molecular formula is C32H50N2O14. The average Bonchev–Trinajstić information content (AvgIpc) is 2.97. The van der Waals surface area contributed by atoms with Gasteiger partial charge >= 0.3 is 41.9 Å². The number of rotatable bonds is 20. The van der Waals surface area contributed by atoms with Gasteiger partial charge in [0.15, 0.2) is 36.6 Å². The number of ether oxygens (including phenoxy) is 6. The lowest BCUT2D eigenvalue weighted by atomic mass is 10.0. The molecule has 0 aliphatic heterocycles. The standard InChI is InChI=1S/C32H50N2O14/c1-15(2)23(33-11)29(39)47-21(13-43-31(41)25(37)17(5)6)27(45-19(9)35)28(46-20(10)36)22(14-44-32(42)26(38)18(7)8)48-30(40)24(34-12)16(3)4/h11-12,15-18,21-28,37-38H,13-14H2,1-10H3. The highest BCUT2D eigenvalue weighted by molar-refractivity contribution is 5.79. The van der Waals surface area contributed by atoms with Crippen LogP contribution in [-0.4, -0.2) is 115 Å². The van der Waals surface area contributed by atoms with E-state index in [2.05, 4.69) is 9.84 Å². The fourth-order valence-electron chi connectivity index (χ4n) is 3.98. The lowest BCUT2D eigenvalue weighted by molar-refractivity contribution is -0.210. The lowest BCUT2D eigenvalue weighted by Gasteiger charge is -2.36. The number of aliphatic hydroxyl groups is 2. The minimum atomic E-state index is -1.93. The van der Waals surface area contributed by atoms with E-state index in [9.17, 15) is 39.0 Å². The Morgan fingerprint density at radius 1 is 0.625 bits per heavy atom. The third-order valence-electron chi connectivity index (χ3n) is 6.79. The van der Waals surface area contributed by atoms with Crippen LogP contribution >= 0.6 is 0 Å². The molecule has 0 fully saturated rings. The predicted octanol–water partition coefficient (Wildman–Crippen LogP) is 1.38. The molecule has 16 nitrogen and oxygen atoms in total. The molecule has 0 saturated heterocycles. The molecule has 48 heavy (non-hydrogen) atoms. The number of carbonyl (C=O) groups excluding carboxylic acids is 6. The van der Waals surface area contributed by atoms with Crippen molar-refractivity contribution < 1.29 is 67.4 Å². The molecule has 272 valence electrons. The topological polar surface area (TPSA) is 215 Å². The van der Waals surface area contributed by atoms with Crippen molar-refractivity contribution >= 4 is 42.5 Å². The Morgan fingerprint density at radius 3 is 1.27 bits per heavy atom. The Labute approximate surface area is 281 Å². The van der Waals surface area contributed by atoms with Crippen molar-refractivity contribution in [2.24, 2.45) is 28.7 Å². The summed E-state index contributed by atoms with van der Waals surface area (Å²) in [6.07, 6.45) is -10.7. The Morgan fingerprint density at radius 2 is 1.00 bits per heavy atom. The number of aliphatic hydroxyl groups excluding tert-OH is 2. The van der Waals surface area contributed by atoms with Crippen molar-refractivity contribution in [2.45, 2.75) is 118 Å². The third kappa shape index (κ3) is 14.3. The first-order valence-corrected chi connectivity index (χ1v) is 15.4. The number of esters is 6. The Bertz CT molecular complexity index is 1160. The number of hydrogen-bond donors (Lipinski definition) is 2. The van der Waals surface area contributed by atoms with Gasteiger partial charge in [0.05, 0.1) is 0 Å². The monoisotopic (exact) mass is 686 g/mol. The van der Waals surface area contributed by atoms with Crippen molar-refractivity contribution in [3.8, 4) is 6.57 Å². The quantitative estimate of drug-likeness (QED) is 0.0801. The molecule has 8 atom stereocenters. The van der Waals surface area contributed by atoms with Crippen LogP contribution in [0.1, 0.15) is 69.2 Å². The van der Waals surface area contributed by atoms with Crippen LogP contribution in [-0.2, 0) is 57.2 Å². The molecule has 8 unspecified atom stereocenters. The molecule has 16 heteroatoms. The van der Waals surface area contributed by atoms with Gasteiger partial charge in [-0.1, -0.05) is 60.2 Å². The molecule has 0 aliphatic rings. The van der Waals surface area contributed by atoms with Crippen LogP contribution in [0, 0.1) is 30.2 Å². The lowest BCUT2D eigenvalue weighted by Crippen LogP contribution is -2.55. The minimum absolute atomic E-state index is 0.501. The first kappa shape index (κ1) is 43.9. The van der Waals surface area contributed by atoms with Crippen LogP contribution in [0.4, 0.5) is 0 Å². The fraction of sp³-hybridized carbons (Fsp3) is 0.750. The summed E-state index contributed by atoms with van der Waals surface area (Å²) in [5, 5.41) is 20.4. The summed E-state index contributed by atoms with van der Waals surface area (Å²) < 4.78 is 32.4. The second-order valence-corrected chi connectivity index (χ2v) is 12.4. The summed E-state index contributed by atoms with van der Waals surface area (Å²) in [6, 6.07) is -2.53. The molecule has 0 amide bonds. The van der Waals surface area contributed by atoms with Gasteiger partial charge < -0.3 is 50.3 Å². The number of carbonyl (C=O) groups is 6. The Hall–Kier alpha value is -4.10. The van der Waals surface area contributed by atoms with E-state index < -0.39 is 121 Å². The van der Waals surface area contributed by atoms with Crippen molar-refractivity contribution in [2.75, 3.05) is 13.2 Å². The van der Waals surface area contributed by atoms with Crippen LogP contribution in [0.25, 0.3) is 4.85 Å². The molecule has 0 bridgehead atoms. The summed E-state index contributed by atoms with van der Waals surface area (Å²) in [4.78, 5) is 83.5. The first-order chi connectivity index (χ1) is 22.2. The van der Waals surface area contributed by atoms with E-state index in [1.165, 1.54) is 27.7 Å². The van der Waals surface area contributed by atoms with Gasteiger partial charge in [-0.05, 0) is 17.8 Å². The molecule has 0 spiro atoms. The van der Waals surface area contributed by atoms with Gasteiger partial charge in [0.2, 0.25) is 0 Å². The zero-order valence-corrected chi connectivity index (χ0v) is 29.2. The predicted molar refractivity (Wildman–Crippen MR) is 169 cm³/mol. The summed E-state index contributed by atoms with van der Waals surface area (Å²) in [5.74, 6) is -8.63. The second-order valence-electron chi connectivity index (χ2n) is 12.4. The van der Waals surface area contributed by atoms with Crippen LogP contribution < -0.4 is 0 Å². The number of hydrogen-bond acceptors (Lipinski definition) is 15. The molecule has 0 aromatic heterocycles. The van der Waals surface area contributed by atoms with Crippen LogP contribution in [0.15, 0.2) is 4.99 Å². The number of nitrogens with zero attached hydrogens (tertiary/aromatic N) is 2. The molecule has 2 N–H and O–H groups in total. The summed E-state index contributed by atoms with van der Waals surface area (Å²) in [5.41, 5.74) is 0. The normalized spacial score (nSPS) is 16.3. The van der Waals surface area contributed by atoms with Crippen LogP contribution in [0.3, 0.4) is 0 Å². The summed E-state index contributed by atoms with van der Waals surface area (Å²) in [7, 11) is 0. The SMILES string of the molecule is C#[N+]C(C(=O)OC(COC(=O)C(O)C(C)C)C(OC(C)=O)C(OC(C)=O)C(COC(=O)C(O)C(C)C)OC(=O)C(N=[CH-])C(C)C)C(C)C. The van der Waals surface area contributed by atoms with Gasteiger partial charge in [-0.25, -0.2) is 19.2 Å². The highest BCUT2D eigenvalue weighted by Gasteiger charge is 2.47. The molecule has 0 aromatic carbocycles. The van der Waals surface area contributed by atoms with Gasteiger partial charge in [-0.15, -0.1) is 0 Å². The van der Waals surface area contributed by atoms with Gasteiger partial charge in [0.25, 0.3) is 6.57 Å². The fourth-order valence-corrected chi connectivity index (χ4v) is 3.98. The smallest absolute Gasteiger partial charge is 0.395 e. The van der Waals surface area contributed by atoms with Crippen LogP contribution in [0.5, 0.6) is 0 Å². The van der Waals surface area contributed by atoms with Gasteiger partial charge in [-0.2, -0.15) is 0 Å². The van der Waals surface area contributed by atoms with E-state index in [1.807, 2.05) is 0 Å². The van der Waals surface area contributed by atoms with Crippen molar-refractivity contribution in [3.63, 3.8) is 0 Å². The average molecular weight is 687 g/mol. The largest absolute Gasteiger partial charge is 0.494 e. The summed E-state index contributed by atoms with van der Waals surface area (Å²) in [6.45, 7) is 23.5. The van der Waals surface area contributed by atoms with Crippen LogP contribution in [0.2, 0.25) is 0 Å². The molecular weight excluding hydrogens is 636 g/mol. The molecule has 0 aliphatic carbocycles. The van der Waals surface area contributed by atoms with Crippen molar-refractivity contribution in [3.05, 3.63) is 4.85 Å². The van der Waals surface area contributed by atoms with Gasteiger partial charge in [-0.3, -0.25) is 9.59 Å². The molecule has 0 saturated carbocycles. The Kier molecular flexibility index (Phi) is 19.2. The molecule has 0 aromatic rings. The van der Waals surface area contributed by atoms with E-state index in [0.717, 1.165) is 13.8 Å². The highest BCUT2D eigenvalue weighted by atomic mass is 16.6. The molecule has 0 heterocycles. The Balaban J connectivity index is 7.26. The molecule has 0 radical (unpaired) electrons. The van der Waals surface area contributed by atoms with Gasteiger partial charge in [0.1, 0.15) is 19.3 Å². The second kappa shape index (κ2) is 21.0. The van der Waals surface area contributed by atoms with E-state index in [1.54, 1.807) is 27.7 Å². The third-order valence-corrected chi connectivity index (χ3v) is 6.79. The van der Waals surface area contributed by atoms with Gasteiger partial charge in [0, 0.05) is 19.8 Å². The maximum absolute atomic E-state index is 13.2.